The summed E-state index contributed by atoms with van der Waals surface area (Å²) >= 11 is 0. The summed E-state index contributed by atoms with van der Waals surface area (Å²) in [7, 11) is 0. The molecule has 92 valence electrons. The molecule has 0 saturated heterocycles. The molecule has 0 fully saturated rings. The normalized spacial score (nSPS) is 13.1. The summed E-state index contributed by atoms with van der Waals surface area (Å²) in [6.45, 7) is 3.93. The molecule has 0 aliphatic heterocycles. The fourth-order valence-corrected chi connectivity index (χ4v) is 1.68. The largest absolute Gasteiger partial charge is 0.383 e. The summed E-state index contributed by atoms with van der Waals surface area (Å²) < 4.78 is 0. The van der Waals surface area contributed by atoms with Crippen molar-refractivity contribution in [1.29, 1.82) is 0 Å². The standard InChI is InChI=1S/C13H15N5/c1-3-5-6-7-9(4-2)11-10-12(14)15-8-16-13(10)18-17-11/h3-8H,1-2H3,(H3,14,15,16,17,18)/b5-3-,7-6-,9-4+. The Morgan fingerprint density at radius 3 is 2.83 bits per heavy atom. The number of fused-ring (bicyclic) bond motifs is 1. The third-order valence-corrected chi connectivity index (χ3v) is 2.56. The molecule has 0 aliphatic rings. The summed E-state index contributed by atoms with van der Waals surface area (Å²) in [6, 6.07) is 0. The van der Waals surface area contributed by atoms with Crippen LogP contribution in [-0.2, 0) is 0 Å². The van der Waals surface area contributed by atoms with Crippen molar-refractivity contribution in [3.05, 3.63) is 42.4 Å². The first-order valence-corrected chi connectivity index (χ1v) is 5.68. The zero-order chi connectivity index (χ0) is 13.0. The average Bonchev–Trinajstić information content (AvgIpc) is 2.80. The number of nitrogen functional groups attached to an aromatic ring is 1. The summed E-state index contributed by atoms with van der Waals surface area (Å²) in [4.78, 5) is 8.07. The maximum Gasteiger partial charge on any atom is 0.186 e. The van der Waals surface area contributed by atoms with Gasteiger partial charge < -0.3 is 5.73 Å². The lowest BCUT2D eigenvalue weighted by Crippen LogP contribution is -1.93. The Morgan fingerprint density at radius 1 is 1.28 bits per heavy atom. The first kappa shape index (κ1) is 12.0. The number of H-pyrrole nitrogens is 1. The second-order valence-electron chi connectivity index (χ2n) is 3.69. The topological polar surface area (TPSA) is 80.5 Å². The number of allylic oxidation sites excluding steroid dienone is 6. The number of nitrogens with two attached hydrogens (primary N) is 1. The molecule has 5 nitrogen and oxygen atoms in total. The Labute approximate surface area is 105 Å². The lowest BCUT2D eigenvalue weighted by molar-refractivity contribution is 1.08. The van der Waals surface area contributed by atoms with E-state index in [4.69, 9.17) is 5.73 Å². The van der Waals surface area contributed by atoms with Crippen molar-refractivity contribution in [2.24, 2.45) is 0 Å². The third kappa shape index (κ3) is 2.15. The average molecular weight is 241 g/mol. The molecule has 0 saturated carbocycles. The van der Waals surface area contributed by atoms with E-state index in [1.807, 2.05) is 44.2 Å². The van der Waals surface area contributed by atoms with Gasteiger partial charge in [0.15, 0.2) is 5.65 Å². The molecule has 2 aromatic rings. The van der Waals surface area contributed by atoms with E-state index < -0.39 is 0 Å². The van der Waals surface area contributed by atoms with Crippen LogP contribution in [0.1, 0.15) is 19.5 Å². The van der Waals surface area contributed by atoms with E-state index in [-0.39, 0.29) is 0 Å². The molecule has 0 atom stereocenters. The van der Waals surface area contributed by atoms with Crippen LogP contribution in [0.15, 0.2) is 36.7 Å². The second-order valence-corrected chi connectivity index (χ2v) is 3.69. The highest BCUT2D eigenvalue weighted by Crippen LogP contribution is 2.25. The molecule has 18 heavy (non-hydrogen) atoms. The van der Waals surface area contributed by atoms with Gasteiger partial charge in [0.2, 0.25) is 0 Å². The third-order valence-electron chi connectivity index (χ3n) is 2.56. The van der Waals surface area contributed by atoms with Gasteiger partial charge in [-0.2, -0.15) is 5.10 Å². The quantitative estimate of drug-likeness (QED) is 0.809. The van der Waals surface area contributed by atoms with E-state index in [1.54, 1.807) is 0 Å². The SMILES string of the molecule is C\C=C/C=C\C(=C/C)c1[nH]nc2ncnc(N)c12. The molecule has 5 heteroatoms. The lowest BCUT2D eigenvalue weighted by Gasteiger charge is -2.00. The molecule has 2 aromatic heterocycles. The van der Waals surface area contributed by atoms with E-state index in [1.165, 1.54) is 6.33 Å². The summed E-state index contributed by atoms with van der Waals surface area (Å²) in [6.07, 6.45) is 11.3. The Balaban J connectivity index is 2.53. The highest BCUT2D eigenvalue weighted by atomic mass is 15.2. The number of nitrogens with one attached hydrogen (secondary N) is 1. The fraction of sp³-hybridized carbons (Fsp3) is 0.154. The number of aromatic nitrogens is 4. The van der Waals surface area contributed by atoms with Gasteiger partial charge in [-0.1, -0.05) is 30.4 Å². The Hall–Kier alpha value is -2.43. The van der Waals surface area contributed by atoms with Gasteiger partial charge in [0.05, 0.1) is 11.1 Å². The van der Waals surface area contributed by atoms with Crippen LogP contribution in [0.2, 0.25) is 0 Å². The molecule has 2 rings (SSSR count). The highest BCUT2D eigenvalue weighted by molar-refractivity contribution is 5.97. The van der Waals surface area contributed by atoms with Crippen molar-refractivity contribution in [2.75, 3.05) is 5.73 Å². The zero-order valence-electron chi connectivity index (χ0n) is 10.4. The molecule has 0 bridgehead atoms. The molecule has 0 amide bonds. The minimum Gasteiger partial charge on any atom is -0.383 e. The number of aromatic amines is 1. The molecule has 0 aromatic carbocycles. The maximum atomic E-state index is 5.87. The summed E-state index contributed by atoms with van der Waals surface area (Å²) in [5, 5.41) is 7.84. The fourth-order valence-electron chi connectivity index (χ4n) is 1.68. The van der Waals surface area contributed by atoms with Gasteiger partial charge in [0.1, 0.15) is 12.1 Å². The molecule has 0 radical (unpaired) electrons. The van der Waals surface area contributed by atoms with E-state index in [0.29, 0.717) is 11.5 Å². The molecule has 0 unspecified atom stereocenters. The number of hydrogen-bond donors (Lipinski definition) is 2. The van der Waals surface area contributed by atoms with Crippen LogP contribution in [0.3, 0.4) is 0 Å². The van der Waals surface area contributed by atoms with Gasteiger partial charge in [-0.05, 0) is 19.4 Å². The van der Waals surface area contributed by atoms with Gasteiger partial charge in [0.25, 0.3) is 0 Å². The van der Waals surface area contributed by atoms with E-state index in [2.05, 4.69) is 20.2 Å². The van der Waals surface area contributed by atoms with Crippen LogP contribution < -0.4 is 5.73 Å². The monoisotopic (exact) mass is 241 g/mol. The van der Waals surface area contributed by atoms with E-state index in [0.717, 1.165) is 16.7 Å². The maximum absolute atomic E-state index is 5.87. The van der Waals surface area contributed by atoms with Crippen LogP contribution in [-0.4, -0.2) is 20.2 Å². The summed E-state index contributed by atoms with van der Waals surface area (Å²) in [5.41, 5.74) is 8.29. The number of anilines is 1. The van der Waals surface area contributed by atoms with Gasteiger partial charge in [0, 0.05) is 0 Å². The first-order valence-electron chi connectivity index (χ1n) is 5.68. The van der Waals surface area contributed by atoms with Gasteiger partial charge in [-0.15, -0.1) is 0 Å². The van der Waals surface area contributed by atoms with Crippen molar-refractivity contribution >= 4 is 22.4 Å². The van der Waals surface area contributed by atoms with Crippen LogP contribution in [0.5, 0.6) is 0 Å². The van der Waals surface area contributed by atoms with Crippen molar-refractivity contribution in [2.45, 2.75) is 13.8 Å². The van der Waals surface area contributed by atoms with Crippen molar-refractivity contribution < 1.29 is 0 Å². The lowest BCUT2D eigenvalue weighted by atomic mass is 10.1. The zero-order valence-corrected chi connectivity index (χ0v) is 10.4. The second kappa shape index (κ2) is 5.27. The number of hydrogen-bond acceptors (Lipinski definition) is 4. The van der Waals surface area contributed by atoms with E-state index >= 15 is 0 Å². The van der Waals surface area contributed by atoms with Crippen molar-refractivity contribution in [3.8, 4) is 0 Å². The molecular formula is C13H15N5. The number of nitrogens with zero attached hydrogens (tertiary/aromatic N) is 3. The van der Waals surface area contributed by atoms with Crippen LogP contribution in [0, 0.1) is 0 Å². The first-order chi connectivity index (χ1) is 8.77. The van der Waals surface area contributed by atoms with Crippen molar-refractivity contribution in [3.63, 3.8) is 0 Å². The van der Waals surface area contributed by atoms with Gasteiger partial charge in [-0.25, -0.2) is 9.97 Å². The molecular weight excluding hydrogens is 226 g/mol. The Morgan fingerprint density at radius 2 is 2.11 bits per heavy atom. The predicted octanol–water partition coefficient (Wildman–Crippen LogP) is 2.47. The molecule has 0 aliphatic carbocycles. The van der Waals surface area contributed by atoms with Crippen LogP contribution in [0.4, 0.5) is 5.82 Å². The molecule has 0 spiro atoms. The molecule has 2 heterocycles. The van der Waals surface area contributed by atoms with Crippen molar-refractivity contribution in [1.82, 2.24) is 20.2 Å². The van der Waals surface area contributed by atoms with Crippen LogP contribution in [0.25, 0.3) is 16.6 Å². The minimum atomic E-state index is 0.433. The minimum absolute atomic E-state index is 0.433. The smallest absolute Gasteiger partial charge is 0.186 e. The Bertz CT molecular complexity index is 634. The van der Waals surface area contributed by atoms with Gasteiger partial charge in [-0.3, -0.25) is 5.10 Å². The summed E-state index contributed by atoms with van der Waals surface area (Å²) in [5.74, 6) is 0.433. The highest BCUT2D eigenvalue weighted by Gasteiger charge is 2.11. The Kier molecular flexibility index (Phi) is 3.52. The predicted molar refractivity (Wildman–Crippen MR) is 73.7 cm³/mol. The van der Waals surface area contributed by atoms with E-state index in [9.17, 15) is 0 Å². The van der Waals surface area contributed by atoms with Gasteiger partial charge >= 0.3 is 0 Å². The number of rotatable bonds is 3. The molecule has 3 N–H and O–H groups in total. The van der Waals surface area contributed by atoms with Crippen LogP contribution >= 0.6 is 0 Å².